The Labute approximate surface area is 80.2 Å². The van der Waals surface area contributed by atoms with Crippen molar-refractivity contribution in [3.05, 3.63) is 0 Å². The number of nitrogens with zero attached hydrogens (tertiary/aromatic N) is 1. The number of likely N-dealkylation sites (N-methyl/N-ethyl adjacent to an activating group) is 1. The molecule has 0 saturated heterocycles. The molecule has 0 rings (SSSR count). The minimum Gasteiger partial charge on any atom is -0.445 e. The fraction of sp³-hybridized carbons (Fsp3) is 0.889. The normalized spacial score (nSPS) is 12.3. The molecule has 0 fully saturated rings. The van der Waals surface area contributed by atoms with Crippen LogP contribution in [0, 0.1) is 0 Å². The fourth-order valence-electron chi connectivity index (χ4n) is 1.06. The summed E-state index contributed by atoms with van der Waals surface area (Å²) >= 11 is 0. The van der Waals surface area contributed by atoms with Gasteiger partial charge in [-0.05, 0) is 27.8 Å². The highest BCUT2D eigenvalue weighted by molar-refractivity contribution is 5.67. The molecule has 0 saturated carbocycles. The molecule has 4 nitrogen and oxygen atoms in total. The van der Waals surface area contributed by atoms with Crippen molar-refractivity contribution < 1.29 is 9.53 Å². The summed E-state index contributed by atoms with van der Waals surface area (Å²) in [7, 11) is 1.84. The van der Waals surface area contributed by atoms with Crippen LogP contribution < -0.4 is 5.32 Å². The van der Waals surface area contributed by atoms with Crippen LogP contribution in [-0.2, 0) is 4.74 Å². The summed E-state index contributed by atoms with van der Waals surface area (Å²) in [4.78, 5) is 13.0. The third-order valence-electron chi connectivity index (χ3n) is 1.82. The standard InChI is InChI=1S/C9H20N2O2/c1-5-11(6-2)9(12)13-8(3)7-10-4/h8,10H,5-7H2,1-4H3. The molecular weight excluding hydrogens is 168 g/mol. The average Bonchev–Trinajstić information content (AvgIpc) is 2.06. The molecule has 0 aromatic rings. The molecule has 78 valence electrons. The Kier molecular flexibility index (Phi) is 6.32. The van der Waals surface area contributed by atoms with Crippen molar-refractivity contribution in [3.63, 3.8) is 0 Å². The lowest BCUT2D eigenvalue weighted by molar-refractivity contribution is 0.0734. The first-order valence-corrected chi connectivity index (χ1v) is 4.75. The largest absolute Gasteiger partial charge is 0.445 e. The minimum atomic E-state index is -0.229. The topological polar surface area (TPSA) is 41.6 Å². The number of rotatable bonds is 5. The van der Waals surface area contributed by atoms with Crippen molar-refractivity contribution in [1.82, 2.24) is 10.2 Å². The number of hydrogen-bond acceptors (Lipinski definition) is 3. The van der Waals surface area contributed by atoms with Crippen LogP contribution in [0.2, 0.25) is 0 Å². The van der Waals surface area contributed by atoms with E-state index in [1.807, 2.05) is 27.8 Å². The Morgan fingerprint density at radius 1 is 1.46 bits per heavy atom. The van der Waals surface area contributed by atoms with Crippen molar-refractivity contribution in [2.75, 3.05) is 26.7 Å². The van der Waals surface area contributed by atoms with E-state index in [1.165, 1.54) is 0 Å². The zero-order valence-corrected chi connectivity index (χ0v) is 8.96. The highest BCUT2D eigenvalue weighted by Gasteiger charge is 2.13. The van der Waals surface area contributed by atoms with Crippen molar-refractivity contribution in [3.8, 4) is 0 Å². The molecular formula is C9H20N2O2. The summed E-state index contributed by atoms with van der Waals surface area (Å²) in [6.45, 7) is 7.83. The summed E-state index contributed by atoms with van der Waals surface area (Å²) in [6.07, 6.45) is -0.300. The molecule has 13 heavy (non-hydrogen) atoms. The van der Waals surface area contributed by atoms with Crippen LogP contribution in [-0.4, -0.2) is 43.8 Å². The van der Waals surface area contributed by atoms with Gasteiger partial charge in [0.15, 0.2) is 0 Å². The van der Waals surface area contributed by atoms with E-state index in [0.29, 0.717) is 19.6 Å². The first-order chi connectivity index (χ1) is 6.15. The number of carbonyl (C=O) groups excluding carboxylic acids is 1. The molecule has 4 heteroatoms. The van der Waals surface area contributed by atoms with Crippen LogP contribution >= 0.6 is 0 Å². The van der Waals surface area contributed by atoms with Gasteiger partial charge in [-0.25, -0.2) is 4.79 Å². The SMILES string of the molecule is CCN(CC)C(=O)OC(C)CNC. The Balaban J connectivity index is 3.83. The third kappa shape index (κ3) is 4.72. The van der Waals surface area contributed by atoms with Crippen LogP contribution in [0.3, 0.4) is 0 Å². The first kappa shape index (κ1) is 12.2. The van der Waals surface area contributed by atoms with Gasteiger partial charge < -0.3 is 15.0 Å². The predicted molar refractivity (Wildman–Crippen MR) is 52.8 cm³/mol. The second kappa shape index (κ2) is 6.71. The van der Waals surface area contributed by atoms with E-state index in [2.05, 4.69) is 5.32 Å². The summed E-state index contributed by atoms with van der Waals surface area (Å²) < 4.78 is 5.16. The van der Waals surface area contributed by atoms with Crippen LogP contribution in [0.4, 0.5) is 4.79 Å². The van der Waals surface area contributed by atoms with Crippen molar-refractivity contribution in [2.24, 2.45) is 0 Å². The molecule has 1 amide bonds. The zero-order chi connectivity index (χ0) is 10.3. The maximum atomic E-state index is 11.4. The second-order valence-corrected chi connectivity index (χ2v) is 2.92. The van der Waals surface area contributed by atoms with Crippen LogP contribution in [0.5, 0.6) is 0 Å². The second-order valence-electron chi connectivity index (χ2n) is 2.92. The van der Waals surface area contributed by atoms with Gasteiger partial charge in [-0.2, -0.15) is 0 Å². The Morgan fingerprint density at radius 2 is 2.00 bits per heavy atom. The molecule has 0 aromatic heterocycles. The molecule has 0 radical (unpaired) electrons. The van der Waals surface area contributed by atoms with Gasteiger partial charge in [-0.3, -0.25) is 0 Å². The molecule has 1 atom stereocenters. The fourth-order valence-corrected chi connectivity index (χ4v) is 1.06. The Hall–Kier alpha value is -0.770. The number of nitrogens with one attached hydrogen (secondary N) is 1. The van der Waals surface area contributed by atoms with Crippen LogP contribution in [0.25, 0.3) is 0 Å². The molecule has 0 aliphatic carbocycles. The lowest BCUT2D eigenvalue weighted by atomic mass is 10.4. The lowest BCUT2D eigenvalue weighted by Gasteiger charge is -2.21. The van der Waals surface area contributed by atoms with Gasteiger partial charge in [-0.1, -0.05) is 0 Å². The maximum absolute atomic E-state index is 11.4. The molecule has 0 aliphatic heterocycles. The minimum absolute atomic E-state index is 0.0712. The molecule has 0 aliphatic rings. The van der Waals surface area contributed by atoms with E-state index in [0.717, 1.165) is 0 Å². The summed E-state index contributed by atoms with van der Waals surface area (Å²) in [6, 6.07) is 0. The molecule has 1 unspecified atom stereocenters. The van der Waals surface area contributed by atoms with E-state index < -0.39 is 0 Å². The van der Waals surface area contributed by atoms with E-state index in [9.17, 15) is 4.79 Å². The summed E-state index contributed by atoms with van der Waals surface area (Å²) in [5, 5.41) is 2.95. The molecule has 0 aromatic carbocycles. The van der Waals surface area contributed by atoms with E-state index in [1.54, 1.807) is 4.90 Å². The molecule has 0 bridgehead atoms. The van der Waals surface area contributed by atoms with E-state index >= 15 is 0 Å². The lowest BCUT2D eigenvalue weighted by Crippen LogP contribution is -2.35. The van der Waals surface area contributed by atoms with E-state index in [4.69, 9.17) is 4.74 Å². The highest BCUT2D eigenvalue weighted by atomic mass is 16.6. The number of ether oxygens (including phenoxy) is 1. The highest BCUT2D eigenvalue weighted by Crippen LogP contribution is 1.97. The van der Waals surface area contributed by atoms with Crippen molar-refractivity contribution >= 4 is 6.09 Å². The van der Waals surface area contributed by atoms with Gasteiger partial charge in [0.25, 0.3) is 0 Å². The summed E-state index contributed by atoms with van der Waals surface area (Å²) in [5.41, 5.74) is 0. The number of amides is 1. The Bertz CT molecular complexity index is 147. The van der Waals surface area contributed by atoms with Gasteiger partial charge >= 0.3 is 6.09 Å². The van der Waals surface area contributed by atoms with Crippen molar-refractivity contribution in [1.29, 1.82) is 0 Å². The quantitative estimate of drug-likeness (QED) is 0.701. The van der Waals surface area contributed by atoms with Gasteiger partial charge in [-0.15, -0.1) is 0 Å². The van der Waals surface area contributed by atoms with Crippen LogP contribution in [0.15, 0.2) is 0 Å². The third-order valence-corrected chi connectivity index (χ3v) is 1.82. The Morgan fingerprint density at radius 3 is 2.38 bits per heavy atom. The van der Waals surface area contributed by atoms with Crippen LogP contribution in [0.1, 0.15) is 20.8 Å². The smallest absolute Gasteiger partial charge is 0.410 e. The van der Waals surface area contributed by atoms with Gasteiger partial charge in [0.2, 0.25) is 0 Å². The van der Waals surface area contributed by atoms with Gasteiger partial charge in [0.1, 0.15) is 6.10 Å². The maximum Gasteiger partial charge on any atom is 0.410 e. The average molecular weight is 188 g/mol. The number of carbonyl (C=O) groups is 1. The molecule has 1 N–H and O–H groups in total. The summed E-state index contributed by atoms with van der Waals surface area (Å²) in [5.74, 6) is 0. The molecule has 0 heterocycles. The predicted octanol–water partition coefficient (Wildman–Crippen LogP) is 1.07. The molecule has 0 spiro atoms. The van der Waals surface area contributed by atoms with Gasteiger partial charge in [0.05, 0.1) is 0 Å². The van der Waals surface area contributed by atoms with Crippen molar-refractivity contribution in [2.45, 2.75) is 26.9 Å². The van der Waals surface area contributed by atoms with E-state index in [-0.39, 0.29) is 12.2 Å². The zero-order valence-electron chi connectivity index (χ0n) is 8.96. The monoisotopic (exact) mass is 188 g/mol. The van der Waals surface area contributed by atoms with Gasteiger partial charge in [0, 0.05) is 19.6 Å². The first-order valence-electron chi connectivity index (χ1n) is 4.75. The number of hydrogen-bond donors (Lipinski definition) is 1.